The topological polar surface area (TPSA) is 69.7 Å². The number of hydrogen-bond acceptors (Lipinski definition) is 5. The second-order valence-electron chi connectivity index (χ2n) is 8.98. The molecule has 0 fully saturated rings. The first-order chi connectivity index (χ1) is 13.2. The number of ether oxygens (including phenoxy) is 2. The largest absolute Gasteiger partial charge is 0.468 e. The molecule has 0 aliphatic rings. The minimum Gasteiger partial charge on any atom is -0.468 e. The van der Waals surface area contributed by atoms with Crippen molar-refractivity contribution in [2.24, 2.45) is 10.8 Å². The fourth-order valence-corrected chi connectivity index (χ4v) is 2.88. The zero-order valence-electron chi connectivity index (χ0n) is 19.1. The Bertz CT molecular complexity index is 798. The van der Waals surface area contributed by atoms with Crippen LogP contribution in [-0.2, 0) is 30.3 Å². The molecule has 0 spiro atoms. The smallest absolute Gasteiger partial charge is 0.319 e. The molecule has 5 heteroatoms. The van der Waals surface area contributed by atoms with Gasteiger partial charge in [-0.3, -0.25) is 14.4 Å². The van der Waals surface area contributed by atoms with E-state index in [0.29, 0.717) is 0 Å². The van der Waals surface area contributed by atoms with Crippen LogP contribution in [-0.4, -0.2) is 30.4 Å². The van der Waals surface area contributed by atoms with Gasteiger partial charge in [-0.2, -0.15) is 0 Å². The molecule has 0 saturated heterocycles. The fraction of sp³-hybridized carbons (Fsp3) is 0.542. The van der Waals surface area contributed by atoms with E-state index >= 15 is 0 Å². The first kappa shape index (κ1) is 24.6. The number of ketones is 1. The predicted molar refractivity (Wildman–Crippen MR) is 113 cm³/mol. The Balaban J connectivity index is 3.06. The molecular formula is C24H34O5. The van der Waals surface area contributed by atoms with E-state index in [1.807, 2.05) is 44.2 Å². The van der Waals surface area contributed by atoms with Crippen LogP contribution in [0.3, 0.4) is 0 Å². The molecular weight excluding hydrogens is 368 g/mol. The molecule has 0 aromatic heterocycles. The number of carbonyl (C=O) groups excluding carboxylic acids is 3. The third kappa shape index (κ3) is 5.55. The van der Waals surface area contributed by atoms with Gasteiger partial charge in [0, 0.05) is 6.42 Å². The summed E-state index contributed by atoms with van der Waals surface area (Å²) in [6.07, 6.45) is 0.159. The number of hydrogen-bond donors (Lipinski definition) is 0. The summed E-state index contributed by atoms with van der Waals surface area (Å²) in [5.74, 6) is -1.17. The normalized spacial score (nSPS) is 13.4. The van der Waals surface area contributed by atoms with Crippen molar-refractivity contribution in [1.82, 2.24) is 0 Å². The molecule has 0 heterocycles. The van der Waals surface area contributed by atoms with Crippen LogP contribution in [0.5, 0.6) is 0 Å². The standard InChI is InChI=1S/C24H34O5/c1-16(22(3,4)20(26)28-9)17(2)24(7,8)29-21(27)23(5,6)19(25)15-18-13-11-10-12-14-18/h10-14H,15H2,1-9H3. The van der Waals surface area contributed by atoms with Crippen LogP contribution in [0.25, 0.3) is 0 Å². The summed E-state index contributed by atoms with van der Waals surface area (Å²) in [5, 5.41) is 0. The molecule has 0 amide bonds. The van der Waals surface area contributed by atoms with Crippen molar-refractivity contribution in [3.8, 4) is 0 Å². The van der Waals surface area contributed by atoms with Crippen LogP contribution < -0.4 is 0 Å². The number of esters is 2. The van der Waals surface area contributed by atoms with Crippen molar-refractivity contribution in [2.75, 3.05) is 7.11 Å². The number of methoxy groups -OCH3 is 1. The molecule has 0 bridgehead atoms. The maximum absolute atomic E-state index is 12.9. The van der Waals surface area contributed by atoms with Gasteiger partial charge in [-0.05, 0) is 66.5 Å². The number of benzene rings is 1. The van der Waals surface area contributed by atoms with Crippen LogP contribution in [0.2, 0.25) is 0 Å². The minimum absolute atomic E-state index is 0.159. The van der Waals surface area contributed by atoms with Crippen LogP contribution in [0, 0.1) is 10.8 Å². The van der Waals surface area contributed by atoms with E-state index in [9.17, 15) is 14.4 Å². The molecule has 160 valence electrons. The van der Waals surface area contributed by atoms with Crippen molar-refractivity contribution in [2.45, 2.75) is 67.4 Å². The van der Waals surface area contributed by atoms with Crippen molar-refractivity contribution < 1.29 is 23.9 Å². The van der Waals surface area contributed by atoms with E-state index < -0.39 is 22.4 Å². The van der Waals surface area contributed by atoms with Crippen molar-refractivity contribution in [1.29, 1.82) is 0 Å². The van der Waals surface area contributed by atoms with Gasteiger partial charge in [0.25, 0.3) is 0 Å². The molecule has 29 heavy (non-hydrogen) atoms. The first-order valence-electron chi connectivity index (χ1n) is 9.75. The lowest BCUT2D eigenvalue weighted by atomic mass is 9.78. The van der Waals surface area contributed by atoms with E-state index in [2.05, 4.69) is 0 Å². The van der Waals surface area contributed by atoms with Crippen LogP contribution in [0.4, 0.5) is 0 Å². The Morgan fingerprint density at radius 3 is 1.79 bits per heavy atom. The van der Waals surface area contributed by atoms with Gasteiger partial charge in [-0.1, -0.05) is 35.9 Å². The predicted octanol–water partition coefficient (Wildman–Crippen LogP) is 4.68. The summed E-state index contributed by atoms with van der Waals surface area (Å²) in [7, 11) is 1.35. The highest BCUT2D eigenvalue weighted by Crippen LogP contribution is 2.36. The second kappa shape index (κ2) is 8.93. The average Bonchev–Trinajstić information content (AvgIpc) is 2.66. The number of carbonyl (C=O) groups is 3. The van der Waals surface area contributed by atoms with Gasteiger partial charge in [-0.15, -0.1) is 0 Å². The Morgan fingerprint density at radius 2 is 1.31 bits per heavy atom. The fourth-order valence-electron chi connectivity index (χ4n) is 2.88. The van der Waals surface area contributed by atoms with Crippen LogP contribution >= 0.6 is 0 Å². The van der Waals surface area contributed by atoms with Crippen molar-refractivity contribution >= 4 is 17.7 Å². The molecule has 1 aromatic rings. The molecule has 5 nitrogen and oxygen atoms in total. The summed E-state index contributed by atoms with van der Waals surface area (Å²) in [6.45, 7) is 13.9. The van der Waals surface area contributed by atoms with Gasteiger partial charge in [0.15, 0.2) is 5.78 Å². The lowest BCUT2D eigenvalue weighted by Gasteiger charge is -2.34. The average molecular weight is 403 g/mol. The van der Waals surface area contributed by atoms with Crippen molar-refractivity contribution in [3.63, 3.8) is 0 Å². The molecule has 0 aliphatic carbocycles. The highest BCUT2D eigenvalue weighted by Gasteiger charge is 2.42. The SMILES string of the molecule is COC(=O)C(C)(C)C(C)=C(C)C(C)(C)OC(=O)C(C)(C)C(=O)Cc1ccccc1. The van der Waals surface area contributed by atoms with Gasteiger partial charge < -0.3 is 9.47 Å². The molecule has 0 saturated carbocycles. The van der Waals surface area contributed by atoms with E-state index in [-0.39, 0.29) is 18.2 Å². The third-order valence-electron chi connectivity index (χ3n) is 5.86. The van der Waals surface area contributed by atoms with Gasteiger partial charge in [-0.25, -0.2) is 0 Å². The van der Waals surface area contributed by atoms with Crippen LogP contribution in [0.15, 0.2) is 41.5 Å². The highest BCUT2D eigenvalue weighted by molar-refractivity contribution is 6.04. The summed E-state index contributed by atoms with van der Waals surface area (Å²) >= 11 is 0. The highest BCUT2D eigenvalue weighted by atomic mass is 16.6. The Hall–Kier alpha value is -2.43. The molecule has 0 radical (unpaired) electrons. The zero-order chi connectivity index (χ0) is 22.6. The third-order valence-corrected chi connectivity index (χ3v) is 5.86. The monoisotopic (exact) mass is 402 g/mol. The molecule has 0 N–H and O–H groups in total. The Morgan fingerprint density at radius 1 is 0.793 bits per heavy atom. The van der Waals surface area contributed by atoms with Crippen molar-refractivity contribution in [3.05, 3.63) is 47.0 Å². The Kier molecular flexibility index (Phi) is 7.58. The summed E-state index contributed by atoms with van der Waals surface area (Å²) in [6, 6.07) is 9.31. The molecule has 1 rings (SSSR count). The molecule has 0 aliphatic heterocycles. The van der Waals surface area contributed by atoms with E-state index in [1.165, 1.54) is 7.11 Å². The number of Topliss-reactive ketones (excluding diaryl/α,β-unsaturated/α-hetero) is 1. The summed E-state index contributed by atoms with van der Waals surface area (Å²) in [4.78, 5) is 37.8. The molecule has 0 atom stereocenters. The maximum Gasteiger partial charge on any atom is 0.319 e. The number of rotatable bonds is 8. The quantitative estimate of drug-likeness (QED) is 0.359. The van der Waals surface area contributed by atoms with Gasteiger partial charge >= 0.3 is 11.9 Å². The summed E-state index contributed by atoms with van der Waals surface area (Å²) in [5.41, 5.74) is -0.788. The van der Waals surface area contributed by atoms with Crippen LogP contribution in [0.1, 0.15) is 61.0 Å². The van der Waals surface area contributed by atoms with Gasteiger partial charge in [0.1, 0.15) is 11.0 Å². The Labute approximate surface area is 174 Å². The maximum atomic E-state index is 12.9. The molecule has 1 aromatic carbocycles. The first-order valence-corrected chi connectivity index (χ1v) is 9.75. The van der Waals surface area contributed by atoms with E-state index in [1.54, 1.807) is 41.5 Å². The van der Waals surface area contributed by atoms with Gasteiger partial charge in [0.05, 0.1) is 12.5 Å². The van der Waals surface area contributed by atoms with E-state index in [0.717, 1.165) is 16.7 Å². The van der Waals surface area contributed by atoms with Gasteiger partial charge in [0.2, 0.25) is 0 Å². The lowest BCUT2D eigenvalue weighted by molar-refractivity contribution is -0.166. The lowest BCUT2D eigenvalue weighted by Crippen LogP contribution is -2.42. The molecule has 0 unspecified atom stereocenters. The minimum atomic E-state index is -1.29. The van der Waals surface area contributed by atoms with E-state index in [4.69, 9.17) is 9.47 Å². The zero-order valence-corrected chi connectivity index (χ0v) is 19.1. The second-order valence-corrected chi connectivity index (χ2v) is 8.98. The summed E-state index contributed by atoms with van der Waals surface area (Å²) < 4.78 is 10.7.